The van der Waals surface area contributed by atoms with Crippen molar-refractivity contribution < 1.29 is 14.3 Å². The first kappa shape index (κ1) is 11.4. The third kappa shape index (κ3) is 2.15. The van der Waals surface area contributed by atoms with Gasteiger partial charge in [0.1, 0.15) is 13.2 Å². The van der Waals surface area contributed by atoms with Crippen molar-refractivity contribution in [3.8, 4) is 11.5 Å². The van der Waals surface area contributed by atoms with Crippen molar-refractivity contribution in [2.75, 3.05) is 20.3 Å². The molecule has 0 aromatic heterocycles. The molecule has 3 rings (SSSR count). The second-order valence-corrected chi connectivity index (χ2v) is 4.85. The summed E-state index contributed by atoms with van der Waals surface area (Å²) in [5.41, 5.74) is 0.921. The fourth-order valence-corrected chi connectivity index (χ4v) is 2.23. The predicted molar refractivity (Wildman–Crippen MR) is 66.9 cm³/mol. The van der Waals surface area contributed by atoms with E-state index in [1.165, 1.54) is 0 Å². The summed E-state index contributed by atoms with van der Waals surface area (Å²) in [5.74, 6) is 1.64. The van der Waals surface area contributed by atoms with Gasteiger partial charge in [0.05, 0.1) is 6.42 Å². The van der Waals surface area contributed by atoms with Gasteiger partial charge in [0, 0.05) is 18.7 Å². The Labute approximate surface area is 106 Å². The Bertz CT molecular complexity index is 468. The van der Waals surface area contributed by atoms with Crippen LogP contribution in [0.5, 0.6) is 11.5 Å². The number of benzene rings is 1. The van der Waals surface area contributed by atoms with Gasteiger partial charge in [-0.2, -0.15) is 0 Å². The van der Waals surface area contributed by atoms with E-state index in [0.29, 0.717) is 25.7 Å². The van der Waals surface area contributed by atoms with E-state index in [9.17, 15) is 4.79 Å². The average Bonchev–Trinajstić information content (AvgIpc) is 3.22. The number of ether oxygens (including phenoxy) is 2. The lowest BCUT2D eigenvalue weighted by molar-refractivity contribution is -0.129. The van der Waals surface area contributed by atoms with Gasteiger partial charge in [-0.05, 0) is 18.9 Å². The quantitative estimate of drug-likeness (QED) is 0.814. The Morgan fingerprint density at radius 2 is 2.11 bits per heavy atom. The van der Waals surface area contributed by atoms with Crippen molar-refractivity contribution in [1.82, 2.24) is 4.90 Å². The molecule has 4 heteroatoms. The Kier molecular flexibility index (Phi) is 2.86. The maximum atomic E-state index is 12.1. The largest absolute Gasteiger partial charge is 0.486 e. The topological polar surface area (TPSA) is 38.8 Å². The van der Waals surface area contributed by atoms with E-state index in [-0.39, 0.29) is 5.91 Å². The number of likely N-dealkylation sites (N-methyl/N-ethyl adjacent to an activating group) is 1. The second-order valence-electron chi connectivity index (χ2n) is 4.85. The SMILES string of the molecule is CN(C(=O)Cc1cccc2c1OCCO2)C1CC1. The Morgan fingerprint density at radius 3 is 2.89 bits per heavy atom. The van der Waals surface area contributed by atoms with Gasteiger partial charge in [-0.3, -0.25) is 4.79 Å². The molecule has 0 unspecified atom stereocenters. The molecule has 0 N–H and O–H groups in total. The Hall–Kier alpha value is -1.71. The summed E-state index contributed by atoms with van der Waals surface area (Å²) in [5, 5.41) is 0. The minimum absolute atomic E-state index is 0.153. The number of amides is 1. The highest BCUT2D eigenvalue weighted by molar-refractivity contribution is 5.80. The molecule has 0 radical (unpaired) electrons. The third-order valence-corrected chi connectivity index (χ3v) is 3.48. The lowest BCUT2D eigenvalue weighted by Gasteiger charge is -2.22. The molecule has 1 aromatic carbocycles. The van der Waals surface area contributed by atoms with E-state index in [4.69, 9.17) is 9.47 Å². The van der Waals surface area contributed by atoms with Crippen molar-refractivity contribution in [2.45, 2.75) is 25.3 Å². The van der Waals surface area contributed by atoms with Crippen LogP contribution in [0.15, 0.2) is 18.2 Å². The molecule has 4 nitrogen and oxygen atoms in total. The van der Waals surface area contributed by atoms with Gasteiger partial charge in [-0.15, -0.1) is 0 Å². The van der Waals surface area contributed by atoms with Crippen molar-refractivity contribution in [3.63, 3.8) is 0 Å². The number of rotatable bonds is 3. The molecule has 18 heavy (non-hydrogen) atoms. The molecule has 1 amide bonds. The van der Waals surface area contributed by atoms with Gasteiger partial charge in [0.15, 0.2) is 11.5 Å². The molecule has 1 aliphatic carbocycles. The molecule has 96 valence electrons. The first-order valence-corrected chi connectivity index (χ1v) is 6.39. The van der Waals surface area contributed by atoms with Crippen LogP contribution in [0.3, 0.4) is 0 Å². The van der Waals surface area contributed by atoms with Gasteiger partial charge in [0.25, 0.3) is 0 Å². The first-order valence-electron chi connectivity index (χ1n) is 6.39. The minimum Gasteiger partial charge on any atom is -0.486 e. The summed E-state index contributed by atoms with van der Waals surface area (Å²) in [6.07, 6.45) is 2.66. The molecule has 2 aliphatic rings. The monoisotopic (exact) mass is 247 g/mol. The van der Waals surface area contributed by atoms with Crippen LogP contribution in [0.4, 0.5) is 0 Å². The van der Waals surface area contributed by atoms with E-state index in [2.05, 4.69) is 0 Å². The second kappa shape index (κ2) is 4.52. The fourth-order valence-electron chi connectivity index (χ4n) is 2.23. The van der Waals surface area contributed by atoms with E-state index in [1.54, 1.807) is 0 Å². The number of fused-ring (bicyclic) bond motifs is 1. The number of nitrogens with zero attached hydrogens (tertiary/aromatic N) is 1. The molecule has 1 saturated carbocycles. The molecule has 1 heterocycles. The summed E-state index contributed by atoms with van der Waals surface area (Å²) in [6, 6.07) is 6.18. The minimum atomic E-state index is 0.153. The van der Waals surface area contributed by atoms with E-state index >= 15 is 0 Å². The van der Waals surface area contributed by atoms with Crippen molar-refractivity contribution in [1.29, 1.82) is 0 Å². The van der Waals surface area contributed by atoms with E-state index in [0.717, 1.165) is 29.9 Å². The summed E-state index contributed by atoms with van der Waals surface area (Å²) in [7, 11) is 1.88. The molecule has 0 atom stereocenters. The number of hydrogen-bond acceptors (Lipinski definition) is 3. The van der Waals surface area contributed by atoms with Crippen LogP contribution in [-0.4, -0.2) is 37.1 Å². The maximum Gasteiger partial charge on any atom is 0.227 e. The summed E-state index contributed by atoms with van der Waals surface area (Å²) >= 11 is 0. The summed E-state index contributed by atoms with van der Waals surface area (Å²) < 4.78 is 11.1. The van der Waals surface area contributed by atoms with Gasteiger partial charge >= 0.3 is 0 Å². The standard InChI is InChI=1S/C14H17NO3/c1-15(11-5-6-11)13(16)9-10-3-2-4-12-14(10)18-8-7-17-12/h2-4,11H,5-9H2,1H3. The smallest absolute Gasteiger partial charge is 0.227 e. The molecular formula is C14H17NO3. The zero-order valence-electron chi connectivity index (χ0n) is 10.5. The van der Waals surface area contributed by atoms with Crippen LogP contribution < -0.4 is 9.47 Å². The van der Waals surface area contributed by atoms with Crippen LogP contribution in [0.1, 0.15) is 18.4 Å². The summed E-state index contributed by atoms with van der Waals surface area (Å²) in [4.78, 5) is 14.0. The van der Waals surface area contributed by atoms with Crippen LogP contribution in [0.2, 0.25) is 0 Å². The van der Waals surface area contributed by atoms with Gasteiger partial charge in [-0.25, -0.2) is 0 Å². The highest BCUT2D eigenvalue weighted by atomic mass is 16.6. The van der Waals surface area contributed by atoms with Crippen molar-refractivity contribution >= 4 is 5.91 Å². The number of hydrogen-bond donors (Lipinski definition) is 0. The molecule has 1 fully saturated rings. The Morgan fingerprint density at radius 1 is 1.33 bits per heavy atom. The van der Waals surface area contributed by atoms with Crippen LogP contribution in [0, 0.1) is 0 Å². The third-order valence-electron chi connectivity index (χ3n) is 3.48. The van der Waals surface area contributed by atoms with E-state index < -0.39 is 0 Å². The normalized spacial score (nSPS) is 17.4. The molecule has 1 aliphatic heterocycles. The van der Waals surface area contributed by atoms with Crippen LogP contribution in [-0.2, 0) is 11.2 Å². The fraction of sp³-hybridized carbons (Fsp3) is 0.500. The molecular weight excluding hydrogens is 230 g/mol. The maximum absolute atomic E-state index is 12.1. The molecule has 0 spiro atoms. The Balaban J connectivity index is 1.77. The zero-order chi connectivity index (χ0) is 12.5. The molecule has 0 saturated heterocycles. The van der Waals surface area contributed by atoms with Crippen molar-refractivity contribution in [2.24, 2.45) is 0 Å². The zero-order valence-corrected chi connectivity index (χ0v) is 10.5. The van der Waals surface area contributed by atoms with Crippen molar-refractivity contribution in [3.05, 3.63) is 23.8 Å². The molecule has 0 bridgehead atoms. The first-order chi connectivity index (χ1) is 8.75. The molecule has 1 aromatic rings. The highest BCUT2D eigenvalue weighted by Crippen LogP contribution is 2.34. The highest BCUT2D eigenvalue weighted by Gasteiger charge is 2.30. The summed E-state index contributed by atoms with van der Waals surface area (Å²) in [6.45, 7) is 1.13. The number of para-hydroxylation sites is 1. The predicted octanol–water partition coefficient (Wildman–Crippen LogP) is 1.62. The lowest BCUT2D eigenvalue weighted by atomic mass is 10.1. The van der Waals surface area contributed by atoms with Gasteiger partial charge in [0.2, 0.25) is 5.91 Å². The van der Waals surface area contributed by atoms with Crippen LogP contribution in [0.25, 0.3) is 0 Å². The van der Waals surface area contributed by atoms with Crippen LogP contribution >= 0.6 is 0 Å². The van der Waals surface area contributed by atoms with Gasteiger partial charge < -0.3 is 14.4 Å². The average molecular weight is 247 g/mol. The number of carbonyl (C=O) groups is 1. The van der Waals surface area contributed by atoms with Gasteiger partial charge in [-0.1, -0.05) is 12.1 Å². The van der Waals surface area contributed by atoms with E-state index in [1.807, 2.05) is 30.1 Å². The number of carbonyl (C=O) groups excluding carboxylic acids is 1. The lowest BCUT2D eigenvalue weighted by Crippen LogP contribution is -2.30.